The van der Waals surface area contributed by atoms with E-state index in [0.29, 0.717) is 12.2 Å². The van der Waals surface area contributed by atoms with E-state index in [9.17, 15) is 4.79 Å². The topological polar surface area (TPSA) is 65.4 Å². The normalized spacial score (nSPS) is 15.1. The largest absolute Gasteiger partial charge is 0.484 e. The summed E-state index contributed by atoms with van der Waals surface area (Å²) in [4.78, 5) is 14.6. The first-order valence-corrected chi connectivity index (χ1v) is 9.37. The number of nitrogens with zero attached hydrogens (tertiary/aromatic N) is 2. The van der Waals surface area contributed by atoms with Crippen LogP contribution in [0.3, 0.4) is 0 Å². The number of benzene rings is 2. The molecular formula is C22H25N3O2. The molecule has 0 spiro atoms. The summed E-state index contributed by atoms with van der Waals surface area (Å²) in [5.74, 6) is 0.558. The van der Waals surface area contributed by atoms with E-state index in [1.54, 1.807) is 12.1 Å². The summed E-state index contributed by atoms with van der Waals surface area (Å²) in [6.45, 7) is 2.95. The van der Waals surface area contributed by atoms with Crippen molar-refractivity contribution in [2.24, 2.45) is 0 Å². The number of carbonyl (C=O) groups excluding carboxylic acids is 1. The van der Waals surface area contributed by atoms with Crippen molar-refractivity contribution in [2.75, 3.05) is 19.7 Å². The number of carbonyl (C=O) groups is 1. The zero-order chi connectivity index (χ0) is 18.9. The third-order valence-corrected chi connectivity index (χ3v) is 4.78. The third kappa shape index (κ3) is 6.12. The Morgan fingerprint density at radius 2 is 1.78 bits per heavy atom. The maximum Gasteiger partial charge on any atom is 0.258 e. The summed E-state index contributed by atoms with van der Waals surface area (Å²) < 4.78 is 5.54. The molecule has 5 heteroatoms. The zero-order valence-corrected chi connectivity index (χ0v) is 15.4. The van der Waals surface area contributed by atoms with Gasteiger partial charge in [-0.25, -0.2) is 0 Å². The van der Waals surface area contributed by atoms with Crippen LogP contribution in [0.2, 0.25) is 0 Å². The number of nitriles is 1. The number of likely N-dealkylation sites (tertiary alicyclic amines) is 1. The summed E-state index contributed by atoms with van der Waals surface area (Å²) in [6.07, 6.45) is 2.30. The second kappa shape index (κ2) is 9.75. The van der Waals surface area contributed by atoms with Crippen molar-refractivity contribution in [2.45, 2.75) is 31.8 Å². The second-order valence-electron chi connectivity index (χ2n) is 6.87. The fourth-order valence-electron chi connectivity index (χ4n) is 3.29. The van der Waals surface area contributed by atoms with Gasteiger partial charge in [0.2, 0.25) is 0 Å². The maximum absolute atomic E-state index is 12.1. The fraction of sp³-hybridized carbons (Fsp3) is 0.364. The lowest BCUT2D eigenvalue weighted by Crippen LogP contribution is -2.45. The van der Waals surface area contributed by atoms with E-state index in [-0.39, 0.29) is 18.6 Å². The van der Waals surface area contributed by atoms with Gasteiger partial charge in [-0.05, 0) is 36.1 Å². The molecule has 1 fully saturated rings. The van der Waals surface area contributed by atoms with E-state index < -0.39 is 0 Å². The number of hydrogen-bond donors (Lipinski definition) is 1. The van der Waals surface area contributed by atoms with E-state index in [0.717, 1.165) is 38.0 Å². The minimum atomic E-state index is -0.0855. The number of ether oxygens (including phenoxy) is 1. The molecule has 1 heterocycles. The highest BCUT2D eigenvalue weighted by Gasteiger charge is 2.20. The van der Waals surface area contributed by atoms with Crippen LogP contribution in [-0.4, -0.2) is 36.5 Å². The van der Waals surface area contributed by atoms with Gasteiger partial charge in [-0.2, -0.15) is 5.26 Å². The quantitative estimate of drug-likeness (QED) is 0.821. The van der Waals surface area contributed by atoms with Gasteiger partial charge in [0.25, 0.3) is 5.91 Å². The lowest BCUT2D eigenvalue weighted by molar-refractivity contribution is -0.124. The van der Waals surface area contributed by atoms with Crippen molar-refractivity contribution in [3.05, 3.63) is 65.7 Å². The summed E-state index contributed by atoms with van der Waals surface area (Å²) in [6, 6.07) is 20.1. The Labute approximate surface area is 160 Å². The molecule has 3 rings (SSSR count). The molecule has 1 aliphatic heterocycles. The smallest absolute Gasteiger partial charge is 0.258 e. The SMILES string of the molecule is N#CCc1ccc(OCC(=O)NC2CCN(Cc3ccccc3)CC2)cc1. The van der Waals surface area contributed by atoms with E-state index in [1.165, 1.54) is 5.56 Å². The van der Waals surface area contributed by atoms with Crippen molar-refractivity contribution in [1.29, 1.82) is 5.26 Å². The molecule has 1 aliphatic rings. The second-order valence-corrected chi connectivity index (χ2v) is 6.87. The Bertz CT molecular complexity index is 760. The number of rotatable bonds is 7. The molecule has 2 aromatic rings. The third-order valence-electron chi connectivity index (χ3n) is 4.78. The van der Waals surface area contributed by atoms with Gasteiger partial charge >= 0.3 is 0 Å². The van der Waals surface area contributed by atoms with Crippen LogP contribution in [0.15, 0.2) is 54.6 Å². The van der Waals surface area contributed by atoms with Crippen LogP contribution < -0.4 is 10.1 Å². The van der Waals surface area contributed by atoms with Crippen LogP contribution in [0.25, 0.3) is 0 Å². The molecule has 5 nitrogen and oxygen atoms in total. The Hall–Kier alpha value is -2.84. The molecule has 0 atom stereocenters. The molecule has 2 aromatic carbocycles. The maximum atomic E-state index is 12.1. The molecular weight excluding hydrogens is 338 g/mol. The molecule has 0 unspecified atom stereocenters. The van der Waals surface area contributed by atoms with E-state index >= 15 is 0 Å². The highest BCUT2D eigenvalue weighted by atomic mass is 16.5. The van der Waals surface area contributed by atoms with Crippen LogP contribution in [0, 0.1) is 11.3 Å². The fourth-order valence-corrected chi connectivity index (χ4v) is 3.29. The summed E-state index contributed by atoms with van der Waals surface area (Å²) >= 11 is 0. The molecule has 0 aromatic heterocycles. The van der Waals surface area contributed by atoms with Crippen LogP contribution in [0.4, 0.5) is 0 Å². The van der Waals surface area contributed by atoms with Crippen molar-refractivity contribution in [3.8, 4) is 11.8 Å². The van der Waals surface area contributed by atoms with E-state index in [2.05, 4.69) is 40.6 Å². The van der Waals surface area contributed by atoms with Crippen molar-refractivity contribution in [1.82, 2.24) is 10.2 Å². The first-order chi connectivity index (χ1) is 13.2. The number of nitrogens with one attached hydrogen (secondary N) is 1. The average molecular weight is 363 g/mol. The van der Waals surface area contributed by atoms with Gasteiger partial charge < -0.3 is 10.1 Å². The van der Waals surface area contributed by atoms with Crippen LogP contribution in [0.5, 0.6) is 5.75 Å². The highest BCUT2D eigenvalue weighted by Crippen LogP contribution is 2.15. The van der Waals surface area contributed by atoms with Gasteiger partial charge in [-0.15, -0.1) is 0 Å². The minimum absolute atomic E-state index is 0.0157. The number of piperidine rings is 1. The Morgan fingerprint density at radius 3 is 2.44 bits per heavy atom. The Kier molecular flexibility index (Phi) is 6.84. The van der Waals surface area contributed by atoms with Gasteiger partial charge in [-0.1, -0.05) is 42.5 Å². The van der Waals surface area contributed by atoms with Gasteiger partial charge in [0.05, 0.1) is 12.5 Å². The number of amides is 1. The van der Waals surface area contributed by atoms with Crippen LogP contribution in [0.1, 0.15) is 24.0 Å². The van der Waals surface area contributed by atoms with Gasteiger partial charge in [0.1, 0.15) is 5.75 Å². The first kappa shape index (κ1) is 18.9. The number of hydrogen-bond acceptors (Lipinski definition) is 4. The minimum Gasteiger partial charge on any atom is -0.484 e. The monoisotopic (exact) mass is 363 g/mol. The van der Waals surface area contributed by atoms with Crippen molar-refractivity contribution >= 4 is 5.91 Å². The van der Waals surface area contributed by atoms with Gasteiger partial charge in [-0.3, -0.25) is 9.69 Å². The molecule has 27 heavy (non-hydrogen) atoms. The standard InChI is InChI=1S/C22H25N3O2/c23-13-10-18-6-8-21(9-7-18)27-17-22(26)24-20-11-14-25(15-12-20)16-19-4-2-1-3-5-19/h1-9,20H,10-12,14-17H2,(H,24,26). The van der Waals surface area contributed by atoms with Crippen molar-refractivity contribution < 1.29 is 9.53 Å². The Balaban J connectivity index is 1.36. The molecule has 1 amide bonds. The van der Waals surface area contributed by atoms with Gasteiger partial charge in [0.15, 0.2) is 6.61 Å². The van der Waals surface area contributed by atoms with Crippen LogP contribution in [-0.2, 0) is 17.8 Å². The molecule has 0 radical (unpaired) electrons. The molecule has 1 saturated heterocycles. The predicted octanol–water partition coefficient (Wildman–Crippen LogP) is 2.91. The first-order valence-electron chi connectivity index (χ1n) is 9.37. The summed E-state index contributed by atoms with van der Waals surface area (Å²) in [5.41, 5.74) is 2.27. The Morgan fingerprint density at radius 1 is 1.07 bits per heavy atom. The summed E-state index contributed by atoms with van der Waals surface area (Å²) in [5, 5.41) is 11.7. The lowest BCUT2D eigenvalue weighted by atomic mass is 10.0. The van der Waals surface area contributed by atoms with Crippen LogP contribution >= 0.6 is 0 Å². The van der Waals surface area contributed by atoms with E-state index in [1.807, 2.05) is 18.2 Å². The predicted molar refractivity (Wildman–Crippen MR) is 104 cm³/mol. The molecule has 140 valence electrons. The summed E-state index contributed by atoms with van der Waals surface area (Å²) in [7, 11) is 0. The van der Waals surface area contributed by atoms with Gasteiger partial charge in [0, 0.05) is 25.7 Å². The van der Waals surface area contributed by atoms with E-state index in [4.69, 9.17) is 10.00 Å². The highest BCUT2D eigenvalue weighted by molar-refractivity contribution is 5.77. The zero-order valence-electron chi connectivity index (χ0n) is 15.4. The van der Waals surface area contributed by atoms with Crippen molar-refractivity contribution in [3.63, 3.8) is 0 Å². The molecule has 0 bridgehead atoms. The average Bonchev–Trinajstić information content (AvgIpc) is 2.70. The molecule has 0 aliphatic carbocycles. The molecule has 1 N–H and O–H groups in total. The lowest BCUT2D eigenvalue weighted by Gasteiger charge is -2.32. The molecule has 0 saturated carbocycles.